The van der Waals surface area contributed by atoms with E-state index in [2.05, 4.69) is 48.2 Å². The third-order valence-electron chi connectivity index (χ3n) is 3.88. The average molecular weight is 338 g/mol. The molecule has 0 bridgehead atoms. The zero-order valence-corrected chi connectivity index (χ0v) is 14.6. The molecule has 24 heavy (non-hydrogen) atoms. The lowest BCUT2D eigenvalue weighted by atomic mass is 9.87. The van der Waals surface area contributed by atoms with E-state index in [1.54, 1.807) is 0 Å². The highest BCUT2D eigenvalue weighted by molar-refractivity contribution is 7.22. The van der Waals surface area contributed by atoms with Crippen molar-refractivity contribution in [3.05, 3.63) is 42.0 Å². The fraction of sp³-hybridized carbons (Fsp3) is 0.222. The van der Waals surface area contributed by atoms with Crippen molar-refractivity contribution in [2.75, 3.05) is 11.1 Å². The summed E-state index contributed by atoms with van der Waals surface area (Å²) in [5.74, 6) is 0. The molecule has 2 aromatic carbocycles. The minimum Gasteiger partial charge on any atom is -0.423 e. The topological polar surface area (TPSA) is 77.0 Å². The van der Waals surface area contributed by atoms with E-state index in [-0.39, 0.29) is 5.41 Å². The van der Waals surface area contributed by atoms with Gasteiger partial charge in [-0.05, 0) is 41.3 Å². The summed E-state index contributed by atoms with van der Waals surface area (Å²) in [5, 5.41) is 3.88. The van der Waals surface area contributed by atoms with Crippen LogP contribution in [0.2, 0.25) is 0 Å². The number of hydrogen-bond acceptors (Lipinski definition) is 6. The van der Waals surface area contributed by atoms with Gasteiger partial charge < -0.3 is 10.2 Å². The minimum absolute atomic E-state index is 0.0771. The summed E-state index contributed by atoms with van der Waals surface area (Å²) in [6, 6.07) is 12.2. The molecule has 4 aromatic rings. The number of thiazole rings is 1. The molecule has 0 spiro atoms. The second-order valence-corrected chi connectivity index (χ2v) is 7.85. The lowest BCUT2D eigenvalue weighted by Gasteiger charge is -2.18. The second-order valence-electron chi connectivity index (χ2n) is 6.82. The third-order valence-corrected chi connectivity index (χ3v) is 4.81. The summed E-state index contributed by atoms with van der Waals surface area (Å²) in [7, 11) is 0. The molecule has 4 rings (SSSR count). The van der Waals surface area contributed by atoms with Crippen LogP contribution in [0, 0.1) is 0 Å². The van der Waals surface area contributed by atoms with Crippen LogP contribution in [0.3, 0.4) is 0 Å². The monoisotopic (exact) mass is 338 g/mol. The van der Waals surface area contributed by atoms with E-state index in [1.807, 2.05) is 24.3 Å². The summed E-state index contributed by atoms with van der Waals surface area (Å²) in [4.78, 5) is 9.06. The molecule has 0 aliphatic rings. The van der Waals surface area contributed by atoms with Gasteiger partial charge in [0.05, 0.1) is 10.2 Å². The van der Waals surface area contributed by atoms with Gasteiger partial charge in [-0.3, -0.25) is 5.32 Å². The smallest absolute Gasteiger partial charge is 0.302 e. The third kappa shape index (κ3) is 2.69. The Bertz CT molecular complexity index is 1040. The molecule has 0 saturated carbocycles. The van der Waals surface area contributed by atoms with E-state index in [4.69, 9.17) is 10.2 Å². The van der Waals surface area contributed by atoms with E-state index in [0.717, 1.165) is 32.1 Å². The van der Waals surface area contributed by atoms with E-state index in [1.165, 1.54) is 16.9 Å². The Hall–Kier alpha value is -2.60. The fourth-order valence-electron chi connectivity index (χ4n) is 2.53. The van der Waals surface area contributed by atoms with Crippen LogP contribution >= 0.6 is 11.3 Å². The summed E-state index contributed by atoms with van der Waals surface area (Å²) in [6.45, 7) is 6.54. The largest absolute Gasteiger partial charge is 0.423 e. The van der Waals surface area contributed by atoms with Gasteiger partial charge >= 0.3 is 6.01 Å². The van der Waals surface area contributed by atoms with Gasteiger partial charge in [-0.15, -0.1) is 0 Å². The molecule has 5 nitrogen and oxygen atoms in total. The highest BCUT2D eigenvalue weighted by Gasteiger charge is 2.16. The number of hydrogen-bond donors (Lipinski definition) is 2. The molecule has 3 N–H and O–H groups in total. The molecule has 0 fully saturated rings. The van der Waals surface area contributed by atoms with E-state index >= 15 is 0 Å². The van der Waals surface area contributed by atoms with Crippen LogP contribution in [0.4, 0.5) is 16.8 Å². The first-order valence-electron chi connectivity index (χ1n) is 7.73. The minimum atomic E-state index is 0.0771. The molecule has 2 heterocycles. The molecule has 122 valence electrons. The summed E-state index contributed by atoms with van der Waals surface area (Å²) >= 11 is 1.52. The molecule has 0 radical (unpaired) electrons. The number of nitrogens with zero attached hydrogens (tertiary/aromatic N) is 2. The van der Waals surface area contributed by atoms with Gasteiger partial charge in [0.1, 0.15) is 5.52 Å². The van der Waals surface area contributed by atoms with E-state index < -0.39 is 0 Å². The molecule has 0 unspecified atom stereocenters. The summed E-state index contributed by atoms with van der Waals surface area (Å²) in [5.41, 5.74) is 10.4. The lowest BCUT2D eigenvalue weighted by molar-refractivity contribution is 0.590. The van der Waals surface area contributed by atoms with Crippen LogP contribution in [-0.2, 0) is 5.41 Å². The number of oxazole rings is 1. The van der Waals surface area contributed by atoms with Crippen LogP contribution in [-0.4, -0.2) is 9.97 Å². The van der Waals surface area contributed by atoms with Crippen molar-refractivity contribution in [2.45, 2.75) is 26.2 Å². The van der Waals surface area contributed by atoms with Gasteiger partial charge in [-0.2, -0.15) is 4.98 Å². The Kier molecular flexibility index (Phi) is 3.25. The Morgan fingerprint density at radius 3 is 2.67 bits per heavy atom. The molecular formula is C18H18N4OS. The maximum atomic E-state index is 5.81. The first-order valence-corrected chi connectivity index (χ1v) is 8.54. The van der Waals surface area contributed by atoms with Crippen molar-refractivity contribution in [1.82, 2.24) is 9.97 Å². The van der Waals surface area contributed by atoms with Crippen molar-refractivity contribution < 1.29 is 4.42 Å². The van der Waals surface area contributed by atoms with Gasteiger partial charge in [-0.25, -0.2) is 4.98 Å². The van der Waals surface area contributed by atoms with E-state index in [9.17, 15) is 0 Å². The molecule has 2 aromatic heterocycles. The van der Waals surface area contributed by atoms with Crippen LogP contribution in [0.1, 0.15) is 26.3 Å². The summed E-state index contributed by atoms with van der Waals surface area (Å²) < 4.78 is 6.81. The van der Waals surface area contributed by atoms with Crippen molar-refractivity contribution in [3.63, 3.8) is 0 Å². The number of nitrogen functional groups attached to an aromatic ring is 1. The molecule has 0 amide bonds. The fourth-order valence-corrected chi connectivity index (χ4v) is 3.44. The van der Waals surface area contributed by atoms with Crippen LogP contribution in [0.5, 0.6) is 0 Å². The van der Waals surface area contributed by atoms with E-state index in [0.29, 0.717) is 6.01 Å². The molecule has 6 heteroatoms. The maximum absolute atomic E-state index is 5.81. The number of anilines is 3. The number of nitrogens with two attached hydrogens (primary N) is 1. The second kappa shape index (κ2) is 5.21. The van der Waals surface area contributed by atoms with Crippen LogP contribution in [0.15, 0.2) is 40.8 Å². The normalized spacial score (nSPS) is 12.1. The number of rotatable bonds is 2. The maximum Gasteiger partial charge on any atom is 0.302 e. The zero-order chi connectivity index (χ0) is 16.9. The number of aromatic nitrogens is 2. The first-order chi connectivity index (χ1) is 11.4. The Labute approximate surface area is 143 Å². The van der Waals surface area contributed by atoms with Crippen molar-refractivity contribution in [2.24, 2.45) is 0 Å². The molecule has 0 atom stereocenters. The average Bonchev–Trinajstić information content (AvgIpc) is 3.07. The number of fused-ring (bicyclic) bond motifs is 2. The Balaban J connectivity index is 1.68. The molecule has 0 aliphatic carbocycles. The predicted molar refractivity (Wildman–Crippen MR) is 100 cm³/mol. The quantitative estimate of drug-likeness (QED) is 0.499. The summed E-state index contributed by atoms with van der Waals surface area (Å²) in [6.07, 6.45) is 0. The van der Waals surface area contributed by atoms with Gasteiger partial charge in [0, 0.05) is 5.69 Å². The number of benzene rings is 2. The van der Waals surface area contributed by atoms with Crippen LogP contribution in [0.25, 0.3) is 21.3 Å². The molecular weight excluding hydrogens is 320 g/mol. The highest BCUT2D eigenvalue weighted by atomic mass is 32.1. The molecule has 0 aliphatic heterocycles. The van der Waals surface area contributed by atoms with Crippen molar-refractivity contribution >= 4 is 49.5 Å². The van der Waals surface area contributed by atoms with Gasteiger partial charge in [0.25, 0.3) is 0 Å². The first kappa shape index (κ1) is 15.0. The zero-order valence-electron chi connectivity index (χ0n) is 13.8. The van der Waals surface area contributed by atoms with Crippen LogP contribution < -0.4 is 11.1 Å². The van der Waals surface area contributed by atoms with Gasteiger partial charge in [0.2, 0.25) is 0 Å². The Morgan fingerprint density at radius 2 is 1.88 bits per heavy atom. The van der Waals surface area contributed by atoms with Crippen molar-refractivity contribution in [1.29, 1.82) is 0 Å². The predicted octanol–water partition coefficient (Wildman–Crippen LogP) is 5.06. The van der Waals surface area contributed by atoms with Gasteiger partial charge in [-0.1, -0.05) is 38.2 Å². The van der Waals surface area contributed by atoms with Gasteiger partial charge in [0.15, 0.2) is 10.7 Å². The highest BCUT2D eigenvalue weighted by Crippen LogP contribution is 2.31. The standard InChI is InChI=1S/C18H18N4OS/c1-18(2,3)10-4-7-14-13(8-10)20-16(23-14)22-17-21-12-6-5-11(19)9-15(12)24-17/h4-9H,19H2,1-3H3,(H,20,21,22). The van der Waals surface area contributed by atoms with Crippen molar-refractivity contribution in [3.8, 4) is 0 Å². The Morgan fingerprint density at radius 1 is 1.04 bits per heavy atom. The molecule has 0 saturated heterocycles. The lowest BCUT2D eigenvalue weighted by Crippen LogP contribution is -2.10. The SMILES string of the molecule is CC(C)(C)c1ccc2oc(Nc3nc4ccc(N)cc4s3)nc2c1. The number of nitrogens with one attached hydrogen (secondary N) is 1.